The summed E-state index contributed by atoms with van der Waals surface area (Å²) >= 11 is 0. The van der Waals surface area contributed by atoms with E-state index < -0.39 is 0 Å². The zero-order valence-electron chi connectivity index (χ0n) is 16.1. The minimum atomic E-state index is 0.627. The number of anilines is 1. The Bertz CT molecular complexity index is 506. The van der Waals surface area contributed by atoms with Gasteiger partial charge >= 0.3 is 0 Å². The molecule has 0 saturated carbocycles. The molecule has 1 heterocycles. The number of likely N-dealkylation sites (tertiary alicyclic amines) is 1. The van der Waals surface area contributed by atoms with Crippen molar-refractivity contribution in [3.8, 4) is 0 Å². The van der Waals surface area contributed by atoms with Crippen molar-refractivity contribution in [1.29, 1.82) is 0 Å². The van der Waals surface area contributed by atoms with Gasteiger partial charge < -0.3 is 19.9 Å². The Morgan fingerprint density at radius 1 is 1.32 bits per heavy atom. The Morgan fingerprint density at radius 2 is 2.12 bits per heavy atom. The molecule has 0 bridgehead atoms. The molecule has 0 spiro atoms. The van der Waals surface area contributed by atoms with Crippen molar-refractivity contribution < 1.29 is 4.74 Å². The molecule has 5 nitrogen and oxygen atoms in total. The highest BCUT2D eigenvalue weighted by Crippen LogP contribution is 2.16. The maximum atomic E-state index is 5.30. The first kappa shape index (κ1) is 19.6. The number of nitrogens with zero attached hydrogens (tertiary/aromatic N) is 3. The van der Waals surface area contributed by atoms with Crippen LogP contribution in [0.5, 0.6) is 0 Å². The van der Waals surface area contributed by atoms with Gasteiger partial charge in [-0.3, -0.25) is 4.99 Å². The molecule has 0 aliphatic carbocycles. The minimum Gasteiger partial charge on any atom is -0.384 e. The number of benzene rings is 1. The van der Waals surface area contributed by atoms with Crippen LogP contribution in [-0.2, 0) is 4.74 Å². The van der Waals surface area contributed by atoms with Crippen LogP contribution in [0.4, 0.5) is 5.69 Å². The summed E-state index contributed by atoms with van der Waals surface area (Å²) in [4.78, 5) is 9.64. The van der Waals surface area contributed by atoms with Crippen molar-refractivity contribution in [2.45, 2.75) is 26.7 Å². The van der Waals surface area contributed by atoms with E-state index in [0.29, 0.717) is 5.92 Å². The molecule has 140 valence electrons. The van der Waals surface area contributed by atoms with Gasteiger partial charge in [-0.25, -0.2) is 0 Å². The van der Waals surface area contributed by atoms with Gasteiger partial charge in [-0.15, -0.1) is 0 Å². The third-order valence-corrected chi connectivity index (χ3v) is 4.67. The molecule has 0 aromatic heterocycles. The van der Waals surface area contributed by atoms with Crippen molar-refractivity contribution in [3.05, 3.63) is 30.3 Å². The van der Waals surface area contributed by atoms with Crippen molar-refractivity contribution in [3.63, 3.8) is 0 Å². The van der Waals surface area contributed by atoms with Gasteiger partial charge in [0.25, 0.3) is 0 Å². The van der Waals surface area contributed by atoms with Crippen molar-refractivity contribution >= 4 is 11.6 Å². The number of nitrogens with one attached hydrogen (secondary N) is 1. The molecule has 1 N–H and O–H groups in total. The van der Waals surface area contributed by atoms with Crippen LogP contribution in [-0.4, -0.2) is 63.8 Å². The highest BCUT2D eigenvalue weighted by atomic mass is 16.5. The number of para-hydroxylation sites is 1. The summed E-state index contributed by atoms with van der Waals surface area (Å²) in [5.74, 6) is 1.69. The summed E-state index contributed by atoms with van der Waals surface area (Å²) < 4.78 is 5.30. The summed E-state index contributed by atoms with van der Waals surface area (Å²) in [5.41, 5.74) is 1.29. The molecule has 1 unspecified atom stereocenters. The van der Waals surface area contributed by atoms with Crippen LogP contribution in [0.3, 0.4) is 0 Å². The molecule has 1 atom stereocenters. The molecule has 2 rings (SSSR count). The Hall–Kier alpha value is -1.75. The van der Waals surface area contributed by atoms with Crippen LogP contribution >= 0.6 is 0 Å². The van der Waals surface area contributed by atoms with Crippen molar-refractivity contribution in [1.82, 2.24) is 10.2 Å². The van der Waals surface area contributed by atoms with Crippen LogP contribution in [0.25, 0.3) is 0 Å². The number of hydrogen-bond acceptors (Lipinski definition) is 3. The van der Waals surface area contributed by atoms with Crippen LogP contribution in [0.1, 0.15) is 26.7 Å². The normalized spacial score (nSPS) is 17.8. The van der Waals surface area contributed by atoms with E-state index in [1.807, 2.05) is 0 Å². The zero-order valence-corrected chi connectivity index (χ0v) is 16.1. The molecule has 25 heavy (non-hydrogen) atoms. The first-order chi connectivity index (χ1) is 12.3. The van der Waals surface area contributed by atoms with E-state index in [9.17, 15) is 0 Å². The number of guanidine groups is 1. The third kappa shape index (κ3) is 6.24. The lowest BCUT2D eigenvalue weighted by Gasteiger charge is -2.24. The zero-order chi connectivity index (χ0) is 17.9. The summed E-state index contributed by atoms with van der Waals surface area (Å²) in [6, 6.07) is 10.6. The third-order valence-electron chi connectivity index (χ3n) is 4.67. The molecule has 1 aromatic carbocycles. The van der Waals surface area contributed by atoms with E-state index >= 15 is 0 Å². The fourth-order valence-electron chi connectivity index (χ4n) is 3.38. The largest absolute Gasteiger partial charge is 0.384 e. The molecule has 1 saturated heterocycles. The second-order valence-electron chi connectivity index (χ2n) is 6.56. The quantitative estimate of drug-likeness (QED) is 0.424. The van der Waals surface area contributed by atoms with Crippen LogP contribution in [0.2, 0.25) is 0 Å². The summed E-state index contributed by atoms with van der Waals surface area (Å²) in [6.45, 7) is 11.1. The molecule has 1 aliphatic rings. The summed E-state index contributed by atoms with van der Waals surface area (Å²) in [7, 11) is 1.79. The molecule has 0 radical (unpaired) electrons. The lowest BCUT2D eigenvalue weighted by molar-refractivity contribution is 0.157. The SMILES string of the molecule is CCNC(=NCCCN(CC)c1ccccc1)N1CCC(COC)C1. The number of methoxy groups -OCH3 is 1. The van der Waals surface area contributed by atoms with E-state index in [-0.39, 0.29) is 0 Å². The van der Waals surface area contributed by atoms with Gasteiger partial charge in [-0.1, -0.05) is 18.2 Å². The highest BCUT2D eigenvalue weighted by Gasteiger charge is 2.24. The first-order valence-corrected chi connectivity index (χ1v) is 9.60. The topological polar surface area (TPSA) is 40.1 Å². The van der Waals surface area contributed by atoms with Gasteiger partial charge in [0, 0.05) is 58.0 Å². The number of aliphatic imine (C=N–C) groups is 1. The van der Waals surface area contributed by atoms with E-state index in [1.54, 1.807) is 7.11 Å². The van der Waals surface area contributed by atoms with Gasteiger partial charge in [-0.2, -0.15) is 0 Å². The van der Waals surface area contributed by atoms with E-state index in [1.165, 1.54) is 12.1 Å². The Labute approximate surface area is 153 Å². The molecular weight excluding hydrogens is 312 g/mol. The van der Waals surface area contributed by atoms with E-state index in [4.69, 9.17) is 9.73 Å². The lowest BCUT2D eigenvalue weighted by Crippen LogP contribution is -2.40. The number of ether oxygens (including phenoxy) is 1. The van der Waals surface area contributed by atoms with Crippen LogP contribution in [0, 0.1) is 5.92 Å². The molecule has 1 aliphatic heterocycles. The molecule has 1 aromatic rings. The standard InChI is InChI=1S/C20H34N4O/c1-4-21-20(24-15-12-18(16-24)17-25-3)22-13-9-14-23(5-2)19-10-7-6-8-11-19/h6-8,10-11,18H,4-5,9,12-17H2,1-3H3,(H,21,22). The van der Waals surface area contributed by atoms with Gasteiger partial charge in [0.05, 0.1) is 6.61 Å². The van der Waals surface area contributed by atoms with Crippen molar-refractivity contribution in [2.75, 3.05) is 57.9 Å². The van der Waals surface area contributed by atoms with Gasteiger partial charge in [0.15, 0.2) is 5.96 Å². The monoisotopic (exact) mass is 346 g/mol. The van der Waals surface area contributed by atoms with Gasteiger partial charge in [0.2, 0.25) is 0 Å². The first-order valence-electron chi connectivity index (χ1n) is 9.60. The fraction of sp³-hybridized carbons (Fsp3) is 0.650. The highest BCUT2D eigenvalue weighted by molar-refractivity contribution is 5.80. The van der Waals surface area contributed by atoms with E-state index in [2.05, 4.69) is 59.3 Å². The Balaban J connectivity index is 1.83. The minimum absolute atomic E-state index is 0.627. The van der Waals surface area contributed by atoms with Crippen LogP contribution < -0.4 is 10.2 Å². The summed E-state index contributed by atoms with van der Waals surface area (Å²) in [6.07, 6.45) is 2.25. The molecule has 0 amide bonds. The van der Waals surface area contributed by atoms with Crippen molar-refractivity contribution in [2.24, 2.45) is 10.9 Å². The second-order valence-corrected chi connectivity index (χ2v) is 6.56. The Morgan fingerprint density at radius 3 is 2.80 bits per heavy atom. The van der Waals surface area contributed by atoms with Crippen LogP contribution in [0.15, 0.2) is 35.3 Å². The maximum Gasteiger partial charge on any atom is 0.193 e. The number of hydrogen-bond donors (Lipinski definition) is 1. The Kier molecular flexibility index (Phi) is 8.60. The average molecular weight is 347 g/mol. The molecule has 1 fully saturated rings. The van der Waals surface area contributed by atoms with E-state index in [0.717, 1.165) is 58.3 Å². The maximum absolute atomic E-state index is 5.30. The summed E-state index contributed by atoms with van der Waals surface area (Å²) in [5, 5.41) is 3.44. The van der Waals surface area contributed by atoms with Gasteiger partial charge in [-0.05, 0) is 38.8 Å². The predicted molar refractivity (Wildman–Crippen MR) is 106 cm³/mol. The average Bonchev–Trinajstić information content (AvgIpc) is 3.10. The molecular formula is C20H34N4O. The molecule has 5 heteroatoms. The second kappa shape index (κ2) is 11.0. The van der Waals surface area contributed by atoms with Gasteiger partial charge in [0.1, 0.15) is 0 Å². The number of rotatable bonds is 9. The smallest absolute Gasteiger partial charge is 0.193 e. The lowest BCUT2D eigenvalue weighted by atomic mass is 10.1. The predicted octanol–water partition coefficient (Wildman–Crippen LogP) is 2.84. The fourth-order valence-corrected chi connectivity index (χ4v) is 3.38.